The van der Waals surface area contributed by atoms with E-state index in [1.807, 2.05) is 13.8 Å². The number of nitrogens with one attached hydrogen (secondary N) is 3. The van der Waals surface area contributed by atoms with Gasteiger partial charge in [-0.05, 0) is 32.9 Å². The Bertz CT molecular complexity index is 694. The third kappa shape index (κ3) is 6.15. The average Bonchev–Trinajstić information content (AvgIpc) is 2.95. The molecule has 2 aromatic rings. The van der Waals surface area contributed by atoms with Crippen molar-refractivity contribution in [3.63, 3.8) is 0 Å². The number of guanidine groups is 1. The summed E-state index contributed by atoms with van der Waals surface area (Å²) in [6.07, 6.45) is 3.19. The van der Waals surface area contributed by atoms with Crippen LogP contribution in [0, 0.1) is 13.8 Å². The fourth-order valence-corrected chi connectivity index (χ4v) is 2.91. The first-order valence-electron chi connectivity index (χ1n) is 8.23. The number of amides is 1. The van der Waals surface area contributed by atoms with E-state index >= 15 is 0 Å². The minimum absolute atomic E-state index is 0.134. The Morgan fingerprint density at radius 3 is 2.68 bits per heavy atom. The SMILES string of the molecule is CCNC(=NCc1nc(C)c(C)s1)NCCNC(=O)c1cccnc1. The van der Waals surface area contributed by atoms with Crippen molar-refractivity contribution in [1.82, 2.24) is 25.9 Å². The van der Waals surface area contributed by atoms with Crippen LogP contribution >= 0.6 is 11.3 Å². The minimum atomic E-state index is -0.134. The van der Waals surface area contributed by atoms with Crippen molar-refractivity contribution in [3.8, 4) is 0 Å². The molecule has 2 rings (SSSR count). The van der Waals surface area contributed by atoms with Gasteiger partial charge < -0.3 is 16.0 Å². The minimum Gasteiger partial charge on any atom is -0.357 e. The van der Waals surface area contributed by atoms with Gasteiger partial charge in [0.2, 0.25) is 0 Å². The van der Waals surface area contributed by atoms with E-state index in [-0.39, 0.29) is 5.91 Å². The molecule has 0 aromatic carbocycles. The molecule has 0 spiro atoms. The number of aryl methyl sites for hydroxylation is 2. The highest BCUT2D eigenvalue weighted by Gasteiger charge is 2.05. The average molecular weight is 360 g/mol. The third-order valence-electron chi connectivity index (χ3n) is 3.42. The summed E-state index contributed by atoms with van der Waals surface area (Å²) >= 11 is 1.67. The van der Waals surface area contributed by atoms with Gasteiger partial charge in [-0.25, -0.2) is 9.98 Å². The Morgan fingerprint density at radius 2 is 2.04 bits per heavy atom. The molecule has 7 nitrogen and oxygen atoms in total. The number of thiazole rings is 1. The summed E-state index contributed by atoms with van der Waals surface area (Å²) in [6.45, 7) is 8.46. The zero-order valence-electron chi connectivity index (χ0n) is 14.8. The zero-order valence-corrected chi connectivity index (χ0v) is 15.6. The fourth-order valence-electron chi connectivity index (χ4n) is 2.05. The Morgan fingerprint density at radius 1 is 1.24 bits per heavy atom. The number of nitrogens with zero attached hydrogens (tertiary/aromatic N) is 3. The Balaban J connectivity index is 1.79. The maximum atomic E-state index is 11.9. The summed E-state index contributed by atoms with van der Waals surface area (Å²) in [5.41, 5.74) is 1.61. The Labute approximate surface area is 152 Å². The first kappa shape index (κ1) is 18.9. The number of hydrogen-bond donors (Lipinski definition) is 3. The molecule has 8 heteroatoms. The monoisotopic (exact) mass is 360 g/mol. The summed E-state index contributed by atoms with van der Waals surface area (Å²) in [7, 11) is 0. The number of rotatable bonds is 7. The molecule has 1 amide bonds. The molecule has 0 aliphatic carbocycles. The van der Waals surface area contributed by atoms with Crippen molar-refractivity contribution in [2.24, 2.45) is 4.99 Å². The number of hydrogen-bond acceptors (Lipinski definition) is 5. The molecule has 2 heterocycles. The summed E-state index contributed by atoms with van der Waals surface area (Å²) in [4.78, 5) is 26.1. The molecule has 0 unspecified atom stereocenters. The van der Waals surface area contributed by atoms with Crippen LogP contribution in [0.3, 0.4) is 0 Å². The molecule has 2 aromatic heterocycles. The highest BCUT2D eigenvalue weighted by Crippen LogP contribution is 2.16. The van der Waals surface area contributed by atoms with Crippen LogP contribution in [-0.2, 0) is 6.54 Å². The van der Waals surface area contributed by atoms with Crippen LogP contribution in [0.1, 0.15) is 32.9 Å². The van der Waals surface area contributed by atoms with Crippen molar-refractivity contribution in [2.75, 3.05) is 19.6 Å². The molecule has 0 saturated heterocycles. The van der Waals surface area contributed by atoms with Crippen molar-refractivity contribution in [2.45, 2.75) is 27.3 Å². The van der Waals surface area contributed by atoms with Crippen LogP contribution < -0.4 is 16.0 Å². The lowest BCUT2D eigenvalue weighted by Crippen LogP contribution is -2.41. The lowest BCUT2D eigenvalue weighted by molar-refractivity contribution is 0.0954. The predicted octanol–water partition coefficient (Wildman–Crippen LogP) is 1.64. The number of carbonyl (C=O) groups excluding carboxylic acids is 1. The second kappa shape index (κ2) is 9.73. The van der Waals surface area contributed by atoms with Gasteiger partial charge in [0.05, 0.1) is 17.8 Å². The van der Waals surface area contributed by atoms with Gasteiger partial charge in [0.25, 0.3) is 5.91 Å². The molecule has 0 aliphatic rings. The van der Waals surface area contributed by atoms with Crippen molar-refractivity contribution >= 4 is 23.2 Å². The molecule has 3 N–H and O–H groups in total. The molecule has 25 heavy (non-hydrogen) atoms. The molecule has 0 atom stereocenters. The van der Waals surface area contributed by atoms with Crippen molar-refractivity contribution in [1.29, 1.82) is 0 Å². The van der Waals surface area contributed by atoms with E-state index in [1.54, 1.807) is 35.9 Å². The normalized spacial score (nSPS) is 11.2. The standard InChI is InChI=1S/C17H24N6OS/c1-4-19-17(22-11-15-23-12(2)13(3)25-15)21-9-8-20-16(24)14-6-5-7-18-10-14/h5-7,10H,4,8-9,11H2,1-3H3,(H,20,24)(H2,19,21,22). The summed E-state index contributed by atoms with van der Waals surface area (Å²) < 4.78 is 0. The molecule has 0 radical (unpaired) electrons. The van der Waals surface area contributed by atoms with Gasteiger partial charge in [-0.3, -0.25) is 9.78 Å². The summed E-state index contributed by atoms with van der Waals surface area (Å²) in [6, 6.07) is 3.48. The molecule has 134 valence electrons. The van der Waals surface area contributed by atoms with Crippen LogP contribution in [0.2, 0.25) is 0 Å². The molecule has 0 aliphatic heterocycles. The molecule has 0 saturated carbocycles. The van der Waals surface area contributed by atoms with Crippen LogP contribution in [0.4, 0.5) is 0 Å². The largest absolute Gasteiger partial charge is 0.357 e. The van der Waals surface area contributed by atoms with Crippen molar-refractivity contribution in [3.05, 3.63) is 45.7 Å². The number of aliphatic imine (C=N–C) groups is 1. The maximum Gasteiger partial charge on any atom is 0.252 e. The van der Waals surface area contributed by atoms with Gasteiger partial charge in [-0.2, -0.15) is 0 Å². The van der Waals surface area contributed by atoms with E-state index in [0.29, 0.717) is 31.2 Å². The van der Waals surface area contributed by atoms with Crippen LogP contribution in [0.5, 0.6) is 0 Å². The van der Waals surface area contributed by atoms with E-state index in [2.05, 4.69) is 37.8 Å². The maximum absolute atomic E-state index is 11.9. The third-order valence-corrected chi connectivity index (χ3v) is 4.47. The van der Waals surface area contributed by atoms with E-state index in [0.717, 1.165) is 17.2 Å². The molecular formula is C17H24N6OS. The van der Waals surface area contributed by atoms with Gasteiger partial charge >= 0.3 is 0 Å². The highest BCUT2D eigenvalue weighted by molar-refractivity contribution is 7.11. The molecular weight excluding hydrogens is 336 g/mol. The zero-order chi connectivity index (χ0) is 18.1. The first-order valence-corrected chi connectivity index (χ1v) is 9.05. The second-order valence-corrected chi connectivity index (χ2v) is 6.66. The van der Waals surface area contributed by atoms with E-state index in [1.165, 1.54) is 4.88 Å². The van der Waals surface area contributed by atoms with Crippen LogP contribution in [0.25, 0.3) is 0 Å². The molecule has 0 bridgehead atoms. The summed E-state index contributed by atoms with van der Waals surface area (Å²) in [5, 5.41) is 10.2. The highest BCUT2D eigenvalue weighted by atomic mass is 32.1. The predicted molar refractivity (Wildman–Crippen MR) is 101 cm³/mol. The van der Waals surface area contributed by atoms with E-state index in [4.69, 9.17) is 0 Å². The van der Waals surface area contributed by atoms with E-state index in [9.17, 15) is 4.79 Å². The lowest BCUT2D eigenvalue weighted by Gasteiger charge is -2.11. The quantitative estimate of drug-likeness (QED) is 0.397. The molecule has 0 fully saturated rings. The number of pyridine rings is 1. The van der Waals surface area contributed by atoms with E-state index < -0.39 is 0 Å². The van der Waals surface area contributed by atoms with Crippen LogP contribution in [0.15, 0.2) is 29.5 Å². The van der Waals surface area contributed by atoms with Crippen molar-refractivity contribution < 1.29 is 4.79 Å². The Kier molecular flexibility index (Phi) is 7.34. The first-order chi connectivity index (χ1) is 12.1. The number of aromatic nitrogens is 2. The van der Waals surface area contributed by atoms with Gasteiger partial charge in [-0.15, -0.1) is 11.3 Å². The fraction of sp³-hybridized carbons (Fsp3) is 0.412. The second-order valence-electron chi connectivity index (χ2n) is 5.37. The topological polar surface area (TPSA) is 91.3 Å². The number of carbonyl (C=O) groups is 1. The van der Waals surface area contributed by atoms with Gasteiger partial charge in [-0.1, -0.05) is 0 Å². The Hall–Kier alpha value is -2.48. The van der Waals surface area contributed by atoms with Crippen LogP contribution in [-0.4, -0.2) is 41.5 Å². The summed E-state index contributed by atoms with van der Waals surface area (Å²) in [5.74, 6) is 0.578. The van der Waals surface area contributed by atoms with Gasteiger partial charge in [0.15, 0.2) is 5.96 Å². The lowest BCUT2D eigenvalue weighted by atomic mass is 10.3. The van der Waals surface area contributed by atoms with Gasteiger partial charge in [0.1, 0.15) is 5.01 Å². The van der Waals surface area contributed by atoms with Gasteiger partial charge in [0, 0.05) is 36.9 Å². The smallest absolute Gasteiger partial charge is 0.252 e.